The molecule has 1 aliphatic rings. The van der Waals surface area contributed by atoms with Gasteiger partial charge in [0.05, 0.1) is 18.8 Å². The van der Waals surface area contributed by atoms with Crippen LogP contribution in [0.5, 0.6) is 0 Å². The standard InChI is InChI=1S/C28H38N4O6/c1-17(2)11-20(24(33)28(5)15-38-28)30-26(35)22(13-19-9-7-6-8-10-19)31-25(34)21(12-18(3)4)32-27(36)23-14-29-16-37-23/h6-10,14,16-18,20-22H,11-13,15H2,1-5H3,(H,30,35)(H,31,34)(H,32,36)/t20-,21-,22-,28+/m0/s1. The third kappa shape index (κ3) is 8.24. The van der Waals surface area contributed by atoms with E-state index in [0.29, 0.717) is 19.4 Å². The number of ketones is 1. The van der Waals surface area contributed by atoms with Crippen LogP contribution in [-0.4, -0.2) is 58.8 Å². The molecule has 1 aromatic carbocycles. The third-order valence-electron chi connectivity index (χ3n) is 6.34. The molecule has 10 nitrogen and oxygen atoms in total. The van der Waals surface area contributed by atoms with E-state index in [9.17, 15) is 19.2 Å². The highest BCUT2D eigenvalue weighted by atomic mass is 16.6. The molecule has 38 heavy (non-hydrogen) atoms. The van der Waals surface area contributed by atoms with E-state index >= 15 is 0 Å². The number of amides is 3. The topological polar surface area (TPSA) is 143 Å². The fourth-order valence-electron chi connectivity index (χ4n) is 4.19. The SMILES string of the molecule is CC(C)C[C@H](NC(=O)c1cnco1)C(=O)N[C@@H](Cc1ccccc1)C(=O)N[C@@H](CC(C)C)C(=O)[C@@]1(C)CO1. The van der Waals surface area contributed by atoms with Gasteiger partial charge in [0.2, 0.25) is 17.6 Å². The van der Waals surface area contributed by atoms with Gasteiger partial charge in [-0.1, -0.05) is 58.0 Å². The number of hydrogen-bond acceptors (Lipinski definition) is 7. The summed E-state index contributed by atoms with van der Waals surface area (Å²) in [5.41, 5.74) is -0.0541. The van der Waals surface area contributed by atoms with E-state index in [2.05, 4.69) is 20.9 Å². The quantitative estimate of drug-likeness (QED) is 0.321. The molecule has 4 atom stereocenters. The lowest BCUT2D eigenvalue weighted by molar-refractivity contribution is -0.133. The maximum Gasteiger partial charge on any atom is 0.289 e. The molecule has 0 bridgehead atoms. The second-order valence-corrected chi connectivity index (χ2v) is 10.8. The van der Waals surface area contributed by atoms with Crippen molar-refractivity contribution in [2.45, 2.75) is 77.6 Å². The lowest BCUT2D eigenvalue weighted by Gasteiger charge is -2.27. The number of nitrogens with one attached hydrogen (secondary N) is 3. The number of oxazole rings is 1. The fraction of sp³-hybridized carbons (Fsp3) is 0.536. The highest BCUT2D eigenvalue weighted by Gasteiger charge is 2.50. The van der Waals surface area contributed by atoms with Gasteiger partial charge in [0, 0.05) is 6.42 Å². The molecule has 1 saturated heterocycles. The highest BCUT2D eigenvalue weighted by Crippen LogP contribution is 2.29. The van der Waals surface area contributed by atoms with Crippen LogP contribution < -0.4 is 16.0 Å². The molecule has 2 heterocycles. The summed E-state index contributed by atoms with van der Waals surface area (Å²) < 4.78 is 10.4. The zero-order chi connectivity index (χ0) is 27.9. The van der Waals surface area contributed by atoms with Gasteiger partial charge >= 0.3 is 0 Å². The lowest BCUT2D eigenvalue weighted by atomic mass is 9.93. The van der Waals surface area contributed by atoms with E-state index in [4.69, 9.17) is 9.15 Å². The molecule has 10 heteroatoms. The van der Waals surface area contributed by atoms with Gasteiger partial charge in [-0.2, -0.15) is 0 Å². The number of ether oxygens (including phenoxy) is 1. The Kier molecular flexibility index (Phi) is 9.79. The van der Waals surface area contributed by atoms with Crippen molar-refractivity contribution in [1.82, 2.24) is 20.9 Å². The van der Waals surface area contributed by atoms with E-state index in [1.54, 1.807) is 6.92 Å². The summed E-state index contributed by atoms with van der Waals surface area (Å²) >= 11 is 0. The first kappa shape index (κ1) is 29.0. The molecule has 0 spiro atoms. The molecule has 3 amide bonds. The molecule has 1 aliphatic heterocycles. The van der Waals surface area contributed by atoms with Crippen molar-refractivity contribution >= 4 is 23.5 Å². The summed E-state index contributed by atoms with van der Waals surface area (Å²) in [7, 11) is 0. The Morgan fingerprint density at radius 1 is 0.895 bits per heavy atom. The van der Waals surface area contributed by atoms with Crippen LogP contribution in [0.15, 0.2) is 47.3 Å². The van der Waals surface area contributed by atoms with Gasteiger partial charge in [-0.05, 0) is 37.2 Å². The van der Waals surface area contributed by atoms with Gasteiger partial charge in [-0.15, -0.1) is 0 Å². The molecule has 0 aliphatic carbocycles. The van der Waals surface area contributed by atoms with Crippen molar-refractivity contribution in [3.63, 3.8) is 0 Å². The van der Waals surface area contributed by atoms with Gasteiger partial charge in [0.25, 0.3) is 5.91 Å². The number of epoxide rings is 1. The summed E-state index contributed by atoms with van der Waals surface area (Å²) in [6, 6.07) is 6.65. The van der Waals surface area contributed by atoms with Gasteiger partial charge in [-0.3, -0.25) is 19.2 Å². The van der Waals surface area contributed by atoms with E-state index in [-0.39, 0.29) is 29.8 Å². The molecule has 206 valence electrons. The number of Topliss-reactive ketones (excluding diaryl/α,β-unsaturated/α-hetero) is 1. The molecular formula is C28H38N4O6. The monoisotopic (exact) mass is 526 g/mol. The molecule has 2 aromatic rings. The normalized spacial score (nSPS) is 18.9. The van der Waals surface area contributed by atoms with E-state index < -0.39 is 41.4 Å². The van der Waals surface area contributed by atoms with Crippen LogP contribution >= 0.6 is 0 Å². The van der Waals surface area contributed by atoms with Crippen molar-refractivity contribution < 1.29 is 28.3 Å². The first-order chi connectivity index (χ1) is 18.0. The number of carbonyl (C=O) groups is 4. The number of benzene rings is 1. The zero-order valence-electron chi connectivity index (χ0n) is 22.7. The number of aromatic nitrogens is 1. The van der Waals surface area contributed by atoms with Gasteiger partial charge in [0.15, 0.2) is 12.2 Å². The minimum absolute atomic E-state index is 0.0176. The Bertz CT molecular complexity index is 1100. The molecule has 0 radical (unpaired) electrons. The van der Waals surface area contributed by atoms with Crippen LogP contribution in [-0.2, 0) is 25.5 Å². The van der Waals surface area contributed by atoms with E-state index in [0.717, 1.165) is 12.0 Å². The number of rotatable bonds is 14. The predicted molar refractivity (Wildman–Crippen MR) is 140 cm³/mol. The summed E-state index contributed by atoms with van der Waals surface area (Å²) in [6.07, 6.45) is 3.39. The van der Waals surface area contributed by atoms with Crippen LogP contribution in [0, 0.1) is 11.8 Å². The Morgan fingerprint density at radius 3 is 2.03 bits per heavy atom. The van der Waals surface area contributed by atoms with Crippen molar-refractivity contribution in [3.8, 4) is 0 Å². The summed E-state index contributed by atoms with van der Waals surface area (Å²) in [5.74, 6) is -1.53. The van der Waals surface area contributed by atoms with E-state index in [1.807, 2.05) is 58.0 Å². The average molecular weight is 527 g/mol. The van der Waals surface area contributed by atoms with Crippen molar-refractivity contribution in [3.05, 3.63) is 54.2 Å². The number of carbonyl (C=O) groups excluding carboxylic acids is 4. The second kappa shape index (κ2) is 12.8. The summed E-state index contributed by atoms with van der Waals surface area (Å²) in [6.45, 7) is 9.84. The largest absolute Gasteiger partial charge is 0.438 e. The van der Waals surface area contributed by atoms with Gasteiger partial charge in [-0.25, -0.2) is 4.98 Å². The molecular weight excluding hydrogens is 488 g/mol. The van der Waals surface area contributed by atoms with Crippen LogP contribution in [0.3, 0.4) is 0 Å². The van der Waals surface area contributed by atoms with Crippen molar-refractivity contribution in [2.75, 3.05) is 6.61 Å². The summed E-state index contributed by atoms with van der Waals surface area (Å²) in [5, 5.41) is 8.37. The van der Waals surface area contributed by atoms with Crippen LogP contribution in [0.25, 0.3) is 0 Å². The minimum atomic E-state index is -0.975. The molecule has 1 fully saturated rings. The van der Waals surface area contributed by atoms with Crippen molar-refractivity contribution in [1.29, 1.82) is 0 Å². The van der Waals surface area contributed by atoms with Crippen LogP contribution in [0.4, 0.5) is 0 Å². The first-order valence-corrected chi connectivity index (χ1v) is 13.0. The summed E-state index contributed by atoms with van der Waals surface area (Å²) in [4.78, 5) is 56.4. The number of hydrogen-bond donors (Lipinski definition) is 3. The smallest absolute Gasteiger partial charge is 0.289 e. The van der Waals surface area contributed by atoms with Gasteiger partial charge in [0.1, 0.15) is 17.7 Å². The molecule has 0 saturated carbocycles. The van der Waals surface area contributed by atoms with Crippen LogP contribution in [0.2, 0.25) is 0 Å². The molecule has 1 aromatic heterocycles. The molecule has 3 rings (SSSR count). The third-order valence-corrected chi connectivity index (χ3v) is 6.34. The average Bonchev–Trinajstić information content (AvgIpc) is 3.37. The molecule has 0 unspecified atom stereocenters. The first-order valence-electron chi connectivity index (χ1n) is 13.0. The fourth-order valence-corrected chi connectivity index (χ4v) is 4.19. The minimum Gasteiger partial charge on any atom is -0.438 e. The zero-order valence-corrected chi connectivity index (χ0v) is 22.7. The molecule has 3 N–H and O–H groups in total. The maximum atomic E-state index is 13.6. The predicted octanol–water partition coefficient (Wildman–Crippen LogP) is 2.44. The Balaban J connectivity index is 1.80. The Hall–Kier alpha value is -3.53. The van der Waals surface area contributed by atoms with Crippen LogP contribution in [0.1, 0.15) is 63.6 Å². The van der Waals surface area contributed by atoms with Crippen molar-refractivity contribution in [2.24, 2.45) is 11.8 Å². The Labute approximate surface area is 223 Å². The second-order valence-electron chi connectivity index (χ2n) is 10.8. The maximum absolute atomic E-state index is 13.6. The highest BCUT2D eigenvalue weighted by molar-refractivity contribution is 5.99. The Morgan fingerprint density at radius 2 is 1.47 bits per heavy atom. The van der Waals surface area contributed by atoms with E-state index in [1.165, 1.54) is 6.20 Å². The lowest BCUT2D eigenvalue weighted by Crippen LogP contribution is -2.57. The number of nitrogens with zero attached hydrogens (tertiary/aromatic N) is 1. The van der Waals surface area contributed by atoms with Gasteiger partial charge < -0.3 is 25.1 Å².